The molecular formula is C29H17ClF2N4O3. The molecule has 2 N–H and O–H groups in total. The summed E-state index contributed by atoms with van der Waals surface area (Å²) in [5.41, 5.74) is 0.965. The maximum atomic E-state index is 14.9. The molecule has 0 bridgehead atoms. The number of hydrogen-bond donors (Lipinski definition) is 2. The van der Waals surface area contributed by atoms with Crippen molar-refractivity contribution in [2.45, 2.75) is 0 Å². The Hall–Kier alpha value is -5.02. The van der Waals surface area contributed by atoms with Gasteiger partial charge >= 0.3 is 0 Å². The molecular weight excluding hydrogens is 526 g/mol. The second-order valence-electron chi connectivity index (χ2n) is 8.61. The van der Waals surface area contributed by atoms with Crippen LogP contribution in [0.15, 0.2) is 96.2 Å². The number of hydrogen-bond acceptors (Lipinski definition) is 4. The fourth-order valence-corrected chi connectivity index (χ4v) is 4.47. The van der Waals surface area contributed by atoms with Gasteiger partial charge in [-0.15, -0.1) is 0 Å². The maximum Gasteiger partial charge on any atom is 0.261 e. The lowest BCUT2D eigenvalue weighted by Gasteiger charge is -2.14. The highest BCUT2D eigenvalue weighted by Gasteiger charge is 2.18. The predicted molar refractivity (Wildman–Crippen MR) is 145 cm³/mol. The highest BCUT2D eigenvalue weighted by Crippen LogP contribution is 2.31. The number of ether oxygens (including phenoxy) is 1. The van der Waals surface area contributed by atoms with Gasteiger partial charge in [-0.05, 0) is 54.6 Å². The number of anilines is 1. The molecule has 0 aliphatic carbocycles. The lowest BCUT2D eigenvalue weighted by molar-refractivity contribution is 0.102. The lowest BCUT2D eigenvalue weighted by Crippen LogP contribution is -2.23. The van der Waals surface area contributed by atoms with Crippen LogP contribution in [0.4, 0.5) is 14.5 Å². The van der Waals surface area contributed by atoms with Gasteiger partial charge in [-0.25, -0.2) is 13.8 Å². The summed E-state index contributed by atoms with van der Waals surface area (Å²) >= 11 is 5.98. The van der Waals surface area contributed by atoms with Gasteiger partial charge in [0.25, 0.3) is 5.91 Å². The number of halogens is 3. The minimum absolute atomic E-state index is 0.0528. The average molecular weight is 543 g/mol. The topological polar surface area (TPSA) is 89.0 Å². The highest BCUT2D eigenvalue weighted by molar-refractivity contribution is 6.30. The van der Waals surface area contributed by atoms with Crippen LogP contribution < -0.4 is 15.5 Å². The normalized spacial score (nSPS) is 11.2. The number of H-pyrrole nitrogens is 1. The van der Waals surface area contributed by atoms with Crippen molar-refractivity contribution in [2.75, 3.05) is 5.32 Å². The number of nitrogens with zero attached hydrogens (tertiary/aromatic N) is 2. The Morgan fingerprint density at radius 2 is 1.79 bits per heavy atom. The number of rotatable bonds is 5. The molecule has 6 rings (SSSR count). The van der Waals surface area contributed by atoms with Gasteiger partial charge in [-0.3, -0.25) is 9.59 Å². The van der Waals surface area contributed by atoms with E-state index in [0.29, 0.717) is 28.0 Å². The molecule has 6 aromatic rings. The highest BCUT2D eigenvalue weighted by atomic mass is 35.5. The van der Waals surface area contributed by atoms with E-state index in [1.54, 1.807) is 47.2 Å². The van der Waals surface area contributed by atoms with E-state index in [0.717, 1.165) is 6.07 Å². The van der Waals surface area contributed by atoms with Crippen LogP contribution in [0.1, 0.15) is 10.4 Å². The predicted octanol–water partition coefficient (Wildman–Crippen LogP) is 6.84. The van der Waals surface area contributed by atoms with Crippen LogP contribution >= 0.6 is 11.6 Å². The van der Waals surface area contributed by atoms with Gasteiger partial charge in [-0.2, -0.15) is 0 Å². The minimum atomic E-state index is -0.746. The number of fused-ring (bicyclic) bond motifs is 2. The molecule has 7 nitrogen and oxygen atoms in total. The molecule has 0 atom stereocenters. The molecule has 0 saturated carbocycles. The van der Waals surface area contributed by atoms with Crippen molar-refractivity contribution >= 4 is 45.1 Å². The second-order valence-corrected chi connectivity index (χ2v) is 9.02. The summed E-state index contributed by atoms with van der Waals surface area (Å²) in [5.74, 6) is -1.70. The SMILES string of the molecule is O=C(Nc1ccc(Oc2ccnc3[nH]ccc23)c(F)c1)c1cn(-c2ccc(F)c(Cl)c2)c2ccccc2c1=O. The molecule has 0 saturated heterocycles. The molecule has 0 unspecified atom stereocenters. The van der Waals surface area contributed by atoms with E-state index < -0.39 is 23.0 Å². The summed E-state index contributed by atoms with van der Waals surface area (Å²) in [6.45, 7) is 0. The van der Waals surface area contributed by atoms with Crippen molar-refractivity contribution < 1.29 is 18.3 Å². The molecule has 3 aromatic heterocycles. The summed E-state index contributed by atoms with van der Waals surface area (Å²) in [4.78, 5) is 33.6. The summed E-state index contributed by atoms with van der Waals surface area (Å²) < 4.78 is 36.0. The molecule has 3 heterocycles. The molecule has 0 aliphatic heterocycles. The Labute approximate surface area is 224 Å². The number of benzene rings is 3. The average Bonchev–Trinajstić information content (AvgIpc) is 3.42. The van der Waals surface area contributed by atoms with E-state index in [1.807, 2.05) is 0 Å². The van der Waals surface area contributed by atoms with E-state index in [2.05, 4.69) is 15.3 Å². The molecule has 39 heavy (non-hydrogen) atoms. The van der Waals surface area contributed by atoms with Crippen molar-refractivity contribution in [1.82, 2.24) is 14.5 Å². The zero-order valence-corrected chi connectivity index (χ0v) is 20.7. The molecule has 0 aliphatic rings. The maximum absolute atomic E-state index is 14.9. The first-order valence-electron chi connectivity index (χ1n) is 11.7. The van der Waals surface area contributed by atoms with Gasteiger partial charge in [0.15, 0.2) is 11.6 Å². The van der Waals surface area contributed by atoms with E-state index in [9.17, 15) is 18.4 Å². The smallest absolute Gasteiger partial charge is 0.261 e. The quantitative estimate of drug-likeness (QED) is 0.249. The third-order valence-corrected chi connectivity index (χ3v) is 6.46. The first kappa shape index (κ1) is 24.3. The molecule has 0 spiro atoms. The molecule has 0 radical (unpaired) electrons. The number of pyridine rings is 2. The van der Waals surface area contributed by atoms with Gasteiger partial charge in [0.1, 0.15) is 22.8 Å². The van der Waals surface area contributed by atoms with Crippen molar-refractivity contribution in [3.8, 4) is 17.2 Å². The van der Waals surface area contributed by atoms with Gasteiger partial charge < -0.3 is 19.6 Å². The van der Waals surface area contributed by atoms with Crippen LogP contribution in [0.25, 0.3) is 27.6 Å². The third kappa shape index (κ3) is 4.49. The number of aromatic nitrogens is 3. The standard InChI is InChI=1S/C29H17ClF2N4O3/c30-21-14-17(6-7-22(21)31)36-15-20(27(37)18-3-1-2-4-24(18)36)29(38)35-16-5-8-26(23(32)13-16)39-25-10-12-34-28-19(25)9-11-33-28/h1-15H,(H,33,34)(H,35,38). The Morgan fingerprint density at radius 3 is 2.62 bits per heavy atom. The van der Waals surface area contributed by atoms with Crippen LogP contribution in [0.3, 0.4) is 0 Å². The van der Waals surface area contributed by atoms with Crippen molar-refractivity contribution in [3.05, 3.63) is 124 Å². The Bertz CT molecular complexity index is 1970. The number of para-hydroxylation sites is 1. The summed E-state index contributed by atoms with van der Waals surface area (Å²) in [5, 5.41) is 3.42. The van der Waals surface area contributed by atoms with Gasteiger partial charge in [0.05, 0.1) is 15.9 Å². The van der Waals surface area contributed by atoms with E-state index >= 15 is 0 Å². The van der Waals surface area contributed by atoms with E-state index in [-0.39, 0.29) is 27.4 Å². The number of nitrogens with one attached hydrogen (secondary N) is 2. The Balaban J connectivity index is 1.33. The summed E-state index contributed by atoms with van der Waals surface area (Å²) in [6, 6.07) is 18.1. The van der Waals surface area contributed by atoms with Crippen molar-refractivity contribution in [2.24, 2.45) is 0 Å². The number of carbonyl (C=O) groups excluding carboxylic acids is 1. The summed E-state index contributed by atoms with van der Waals surface area (Å²) in [7, 11) is 0. The van der Waals surface area contributed by atoms with Crippen molar-refractivity contribution in [3.63, 3.8) is 0 Å². The van der Waals surface area contributed by atoms with Gasteiger partial charge in [-0.1, -0.05) is 23.7 Å². The Morgan fingerprint density at radius 1 is 0.949 bits per heavy atom. The molecule has 3 aromatic carbocycles. The second kappa shape index (κ2) is 9.70. The molecule has 10 heteroatoms. The first-order valence-corrected chi connectivity index (χ1v) is 12.1. The molecule has 0 fully saturated rings. The molecule has 1 amide bonds. The number of amides is 1. The fraction of sp³-hybridized carbons (Fsp3) is 0. The summed E-state index contributed by atoms with van der Waals surface area (Å²) in [6.07, 6.45) is 4.59. The van der Waals surface area contributed by atoms with Gasteiger partial charge in [0, 0.05) is 41.4 Å². The molecule has 192 valence electrons. The fourth-order valence-electron chi connectivity index (χ4n) is 4.29. The van der Waals surface area contributed by atoms with Crippen LogP contribution in [-0.4, -0.2) is 20.4 Å². The largest absolute Gasteiger partial charge is 0.453 e. The number of carbonyl (C=O) groups is 1. The van der Waals surface area contributed by atoms with Crippen LogP contribution in [0.2, 0.25) is 5.02 Å². The van der Waals surface area contributed by atoms with Crippen LogP contribution in [0.5, 0.6) is 11.5 Å². The van der Waals surface area contributed by atoms with Crippen LogP contribution in [0, 0.1) is 11.6 Å². The minimum Gasteiger partial charge on any atom is -0.453 e. The number of aromatic amines is 1. The first-order chi connectivity index (χ1) is 18.9. The monoisotopic (exact) mass is 542 g/mol. The zero-order chi connectivity index (χ0) is 27.1. The van der Waals surface area contributed by atoms with Crippen molar-refractivity contribution in [1.29, 1.82) is 0 Å². The lowest BCUT2D eigenvalue weighted by atomic mass is 10.1. The zero-order valence-electron chi connectivity index (χ0n) is 19.9. The van der Waals surface area contributed by atoms with Crippen LogP contribution in [-0.2, 0) is 0 Å². The van der Waals surface area contributed by atoms with Gasteiger partial charge in [0.2, 0.25) is 5.43 Å². The van der Waals surface area contributed by atoms with E-state index in [1.165, 1.54) is 42.7 Å². The van der Waals surface area contributed by atoms with E-state index in [4.69, 9.17) is 16.3 Å². The Kier molecular flexibility index (Phi) is 6.05. The third-order valence-electron chi connectivity index (χ3n) is 6.17.